The largest absolute Gasteiger partial charge is 0.440 e. The van der Waals surface area contributed by atoms with E-state index in [2.05, 4.69) is 10.3 Å². The van der Waals surface area contributed by atoms with Gasteiger partial charge in [-0.3, -0.25) is 4.79 Å². The second-order valence-corrected chi connectivity index (χ2v) is 7.74. The molecule has 1 N–H and O–H groups in total. The molecule has 0 radical (unpaired) electrons. The van der Waals surface area contributed by atoms with Crippen LogP contribution in [0.4, 0.5) is 10.1 Å². The summed E-state index contributed by atoms with van der Waals surface area (Å²) in [6, 6.07) is 11.7. The summed E-state index contributed by atoms with van der Waals surface area (Å²) in [6.45, 7) is 6.08. The zero-order valence-corrected chi connectivity index (χ0v) is 15.1. The third-order valence-electron chi connectivity index (χ3n) is 3.51. The van der Waals surface area contributed by atoms with Gasteiger partial charge in [0.25, 0.3) is 0 Å². The van der Waals surface area contributed by atoms with Gasteiger partial charge in [-0.05, 0) is 30.3 Å². The van der Waals surface area contributed by atoms with E-state index >= 15 is 0 Å². The highest BCUT2D eigenvalue weighted by atomic mass is 32.2. The van der Waals surface area contributed by atoms with Crippen LogP contribution in [0.1, 0.15) is 26.7 Å². The monoisotopic (exact) mass is 358 g/mol. The number of anilines is 1. The molecule has 0 aliphatic rings. The van der Waals surface area contributed by atoms with Crippen LogP contribution in [0.2, 0.25) is 0 Å². The summed E-state index contributed by atoms with van der Waals surface area (Å²) in [7, 11) is 0. The first-order chi connectivity index (χ1) is 11.8. The third-order valence-corrected chi connectivity index (χ3v) is 4.56. The molecule has 3 aromatic rings. The van der Waals surface area contributed by atoms with E-state index in [0.29, 0.717) is 27.6 Å². The van der Waals surface area contributed by atoms with Gasteiger partial charge >= 0.3 is 0 Å². The van der Waals surface area contributed by atoms with Crippen molar-refractivity contribution in [3.63, 3.8) is 0 Å². The summed E-state index contributed by atoms with van der Waals surface area (Å²) in [5, 5.41) is 2.81. The predicted molar refractivity (Wildman–Crippen MR) is 98.5 cm³/mol. The Balaban J connectivity index is 1.68. The maximum absolute atomic E-state index is 13.6. The number of nitrogens with one attached hydrogen (secondary N) is 1. The zero-order chi connectivity index (χ0) is 18.0. The number of thioether (sulfide) groups is 1. The van der Waals surface area contributed by atoms with E-state index < -0.39 is 0 Å². The molecule has 0 unspecified atom stereocenters. The van der Waals surface area contributed by atoms with Crippen LogP contribution in [-0.2, 0) is 10.2 Å². The minimum atomic E-state index is -0.320. The van der Waals surface area contributed by atoms with Gasteiger partial charge < -0.3 is 9.73 Å². The molecule has 0 aliphatic carbocycles. The van der Waals surface area contributed by atoms with Gasteiger partial charge in [0.2, 0.25) is 11.8 Å². The van der Waals surface area contributed by atoms with Crippen LogP contribution in [0.3, 0.4) is 0 Å². The number of carbonyl (C=O) groups excluding carboxylic acids is 1. The number of nitrogens with zero attached hydrogens (tertiary/aromatic N) is 1. The van der Waals surface area contributed by atoms with Gasteiger partial charge in [0.15, 0.2) is 5.58 Å². The second kappa shape index (κ2) is 6.88. The fourth-order valence-corrected chi connectivity index (χ4v) is 2.97. The molecule has 0 bridgehead atoms. The molecule has 0 atom stereocenters. The van der Waals surface area contributed by atoms with Crippen molar-refractivity contribution < 1.29 is 13.6 Å². The van der Waals surface area contributed by atoms with Crippen molar-refractivity contribution in [1.29, 1.82) is 0 Å². The van der Waals surface area contributed by atoms with Gasteiger partial charge in [0.05, 0.1) is 5.75 Å². The Morgan fingerprint density at radius 2 is 2.00 bits per heavy atom. The lowest BCUT2D eigenvalue weighted by Crippen LogP contribution is -2.14. The Bertz CT molecular complexity index is 915. The summed E-state index contributed by atoms with van der Waals surface area (Å²) in [4.78, 5) is 17.0. The summed E-state index contributed by atoms with van der Waals surface area (Å²) >= 11 is 1.16. The van der Waals surface area contributed by atoms with Crippen molar-refractivity contribution in [3.05, 3.63) is 54.2 Å². The Hall–Kier alpha value is -2.34. The Kier molecular flexibility index (Phi) is 4.81. The summed E-state index contributed by atoms with van der Waals surface area (Å²) < 4.78 is 19.3. The molecule has 4 nitrogen and oxygen atoms in total. The average molecular weight is 358 g/mol. The van der Waals surface area contributed by atoms with E-state index in [4.69, 9.17) is 4.42 Å². The van der Waals surface area contributed by atoms with E-state index in [0.717, 1.165) is 11.8 Å². The molecule has 25 heavy (non-hydrogen) atoms. The highest BCUT2D eigenvalue weighted by Crippen LogP contribution is 2.27. The topological polar surface area (TPSA) is 55.1 Å². The van der Waals surface area contributed by atoms with Crippen molar-refractivity contribution in [1.82, 2.24) is 4.98 Å². The SMILES string of the molecule is CC(C)(C)c1nc2cc(NC(=O)CSc3ccccc3F)ccc2o1. The molecule has 3 rings (SSSR count). The van der Waals surface area contributed by atoms with Crippen LogP contribution in [0.5, 0.6) is 0 Å². The summed E-state index contributed by atoms with van der Waals surface area (Å²) in [5.41, 5.74) is 1.84. The summed E-state index contributed by atoms with van der Waals surface area (Å²) in [6.07, 6.45) is 0. The van der Waals surface area contributed by atoms with Gasteiger partial charge in [-0.1, -0.05) is 32.9 Å². The van der Waals surface area contributed by atoms with Crippen LogP contribution < -0.4 is 5.32 Å². The summed E-state index contributed by atoms with van der Waals surface area (Å²) in [5.74, 6) is 0.262. The molecule has 1 amide bonds. The molecule has 0 saturated heterocycles. The maximum atomic E-state index is 13.6. The Morgan fingerprint density at radius 3 is 2.72 bits per heavy atom. The van der Waals surface area contributed by atoms with Gasteiger partial charge in [-0.25, -0.2) is 9.37 Å². The number of oxazole rings is 1. The lowest BCUT2D eigenvalue weighted by molar-refractivity contribution is -0.113. The number of benzene rings is 2. The number of hydrogen-bond acceptors (Lipinski definition) is 4. The van der Waals surface area contributed by atoms with Crippen molar-refractivity contribution in [2.75, 3.05) is 11.1 Å². The van der Waals surface area contributed by atoms with Gasteiger partial charge in [-0.2, -0.15) is 0 Å². The normalized spacial score (nSPS) is 11.7. The third kappa shape index (κ3) is 4.20. The van der Waals surface area contributed by atoms with E-state index in [1.165, 1.54) is 6.07 Å². The molecular weight excluding hydrogens is 339 g/mol. The number of halogens is 1. The molecule has 6 heteroatoms. The van der Waals surface area contributed by atoms with Crippen LogP contribution in [0.25, 0.3) is 11.1 Å². The number of amides is 1. The highest BCUT2D eigenvalue weighted by Gasteiger charge is 2.21. The zero-order valence-electron chi connectivity index (χ0n) is 14.3. The van der Waals surface area contributed by atoms with E-state index in [1.807, 2.05) is 20.8 Å². The number of carbonyl (C=O) groups is 1. The number of hydrogen-bond donors (Lipinski definition) is 1. The minimum absolute atomic E-state index is 0.130. The molecular formula is C19H19FN2O2S. The molecule has 130 valence electrons. The first-order valence-corrected chi connectivity index (χ1v) is 8.90. The van der Waals surface area contributed by atoms with Crippen LogP contribution in [0, 0.1) is 5.82 Å². The Labute approximate surface area is 149 Å². The van der Waals surface area contributed by atoms with Gasteiger partial charge in [0.1, 0.15) is 11.3 Å². The molecule has 0 spiro atoms. The van der Waals surface area contributed by atoms with Gasteiger partial charge in [-0.15, -0.1) is 11.8 Å². The fraction of sp³-hybridized carbons (Fsp3) is 0.263. The first-order valence-electron chi connectivity index (χ1n) is 7.91. The molecule has 0 aliphatic heterocycles. The molecule has 0 fully saturated rings. The van der Waals surface area contributed by atoms with Crippen molar-refractivity contribution >= 4 is 34.5 Å². The molecule has 0 saturated carbocycles. The van der Waals surface area contributed by atoms with Crippen molar-refractivity contribution in [2.45, 2.75) is 31.1 Å². The van der Waals surface area contributed by atoms with Crippen LogP contribution in [0.15, 0.2) is 51.8 Å². The standard InChI is InChI=1S/C19H19FN2O2S/c1-19(2,3)18-22-14-10-12(8-9-15(14)24-18)21-17(23)11-25-16-7-5-4-6-13(16)20/h4-10H,11H2,1-3H3,(H,21,23). The van der Waals surface area contributed by atoms with E-state index in [1.54, 1.807) is 36.4 Å². The van der Waals surface area contributed by atoms with Crippen LogP contribution in [-0.4, -0.2) is 16.6 Å². The lowest BCUT2D eigenvalue weighted by Gasteiger charge is -2.11. The second-order valence-electron chi connectivity index (χ2n) is 6.72. The smallest absolute Gasteiger partial charge is 0.234 e. The lowest BCUT2D eigenvalue weighted by atomic mass is 9.97. The van der Waals surface area contributed by atoms with Crippen molar-refractivity contribution in [2.24, 2.45) is 0 Å². The maximum Gasteiger partial charge on any atom is 0.234 e. The number of rotatable bonds is 4. The molecule has 1 aromatic heterocycles. The molecule has 2 aromatic carbocycles. The van der Waals surface area contributed by atoms with E-state index in [-0.39, 0.29) is 22.9 Å². The van der Waals surface area contributed by atoms with E-state index in [9.17, 15) is 9.18 Å². The van der Waals surface area contributed by atoms with Gasteiger partial charge in [0, 0.05) is 16.0 Å². The minimum Gasteiger partial charge on any atom is -0.440 e. The first kappa shape index (κ1) is 17.5. The Morgan fingerprint density at radius 1 is 1.24 bits per heavy atom. The highest BCUT2D eigenvalue weighted by molar-refractivity contribution is 8.00. The fourth-order valence-electron chi connectivity index (χ4n) is 2.23. The average Bonchev–Trinajstić information content (AvgIpc) is 2.98. The van der Waals surface area contributed by atoms with Crippen molar-refractivity contribution in [3.8, 4) is 0 Å². The predicted octanol–water partition coefficient (Wildman–Crippen LogP) is 5.00. The van der Waals surface area contributed by atoms with Crippen LogP contribution >= 0.6 is 11.8 Å². The number of aromatic nitrogens is 1. The molecule has 1 heterocycles. The quantitative estimate of drug-likeness (QED) is 0.667. The number of fused-ring (bicyclic) bond motifs is 1.